The van der Waals surface area contributed by atoms with E-state index in [1.165, 1.54) is 0 Å². The third-order valence-corrected chi connectivity index (χ3v) is 2.41. The third-order valence-electron chi connectivity index (χ3n) is 2.41. The van der Waals surface area contributed by atoms with Crippen molar-refractivity contribution >= 4 is 11.8 Å². The lowest BCUT2D eigenvalue weighted by Gasteiger charge is -2.02. The van der Waals surface area contributed by atoms with E-state index in [4.69, 9.17) is 10.8 Å². The number of rotatable bonds is 4. The Morgan fingerprint density at radius 3 is 3.00 bits per heavy atom. The minimum absolute atomic E-state index is 0.0366. The molecule has 0 aliphatic rings. The number of H-pyrrole nitrogens is 1. The number of aromatic amines is 1. The highest BCUT2D eigenvalue weighted by atomic mass is 16.4. The van der Waals surface area contributed by atoms with Crippen LogP contribution in [-0.2, 0) is 11.2 Å². The summed E-state index contributed by atoms with van der Waals surface area (Å²) in [7, 11) is 0. The molecule has 0 saturated heterocycles. The molecule has 0 aliphatic carbocycles. The van der Waals surface area contributed by atoms with Gasteiger partial charge < -0.3 is 10.8 Å². The molecular weight excluding hydrogens is 220 g/mol. The minimum Gasteiger partial charge on any atom is -0.481 e. The lowest BCUT2D eigenvalue weighted by molar-refractivity contribution is -0.136. The van der Waals surface area contributed by atoms with Gasteiger partial charge in [-0.15, -0.1) is 0 Å². The van der Waals surface area contributed by atoms with Crippen molar-refractivity contribution in [3.63, 3.8) is 0 Å². The van der Waals surface area contributed by atoms with Crippen LogP contribution in [0, 0.1) is 0 Å². The lowest BCUT2D eigenvalue weighted by atomic mass is 10.0. The first-order valence-electron chi connectivity index (χ1n) is 5.13. The number of anilines is 1. The van der Waals surface area contributed by atoms with Gasteiger partial charge in [0, 0.05) is 35.6 Å². The van der Waals surface area contributed by atoms with E-state index in [1.807, 2.05) is 6.07 Å². The SMILES string of the molecule is Nc1n[nH]c(CCC(=O)O)c1-c1cccnc1. The Morgan fingerprint density at radius 1 is 1.53 bits per heavy atom. The number of nitrogens with two attached hydrogens (primary N) is 1. The summed E-state index contributed by atoms with van der Waals surface area (Å²) in [5.74, 6) is -0.492. The first-order chi connectivity index (χ1) is 8.18. The first-order valence-corrected chi connectivity index (χ1v) is 5.13. The number of carboxylic acid groups (broad SMARTS) is 1. The molecule has 88 valence electrons. The number of hydrogen-bond acceptors (Lipinski definition) is 4. The molecule has 0 bridgehead atoms. The van der Waals surface area contributed by atoms with E-state index >= 15 is 0 Å². The molecule has 6 heteroatoms. The number of nitrogen functional groups attached to an aromatic ring is 1. The second kappa shape index (κ2) is 4.65. The monoisotopic (exact) mass is 232 g/mol. The van der Waals surface area contributed by atoms with Crippen LogP contribution in [0.25, 0.3) is 11.1 Å². The quantitative estimate of drug-likeness (QED) is 0.731. The van der Waals surface area contributed by atoms with Gasteiger partial charge in [0.2, 0.25) is 0 Å². The summed E-state index contributed by atoms with van der Waals surface area (Å²) in [5.41, 5.74) is 8.05. The average molecular weight is 232 g/mol. The fourth-order valence-corrected chi connectivity index (χ4v) is 1.64. The summed E-state index contributed by atoms with van der Waals surface area (Å²) in [6.07, 6.45) is 3.74. The average Bonchev–Trinajstić information content (AvgIpc) is 2.69. The second-order valence-corrected chi connectivity index (χ2v) is 3.60. The molecule has 0 saturated carbocycles. The highest BCUT2D eigenvalue weighted by Gasteiger charge is 2.13. The maximum absolute atomic E-state index is 10.5. The number of pyridine rings is 1. The van der Waals surface area contributed by atoms with Crippen LogP contribution in [0.3, 0.4) is 0 Å². The van der Waals surface area contributed by atoms with Crippen LogP contribution in [0.15, 0.2) is 24.5 Å². The minimum atomic E-state index is -0.852. The van der Waals surface area contributed by atoms with Crippen molar-refractivity contribution in [1.29, 1.82) is 0 Å². The fourth-order valence-electron chi connectivity index (χ4n) is 1.64. The zero-order valence-electron chi connectivity index (χ0n) is 9.05. The molecule has 0 spiro atoms. The van der Waals surface area contributed by atoms with Gasteiger partial charge in [-0.2, -0.15) is 5.10 Å². The lowest BCUT2D eigenvalue weighted by Crippen LogP contribution is -1.99. The van der Waals surface area contributed by atoms with Gasteiger partial charge >= 0.3 is 5.97 Å². The van der Waals surface area contributed by atoms with Crippen LogP contribution in [0.4, 0.5) is 5.82 Å². The van der Waals surface area contributed by atoms with E-state index in [0.29, 0.717) is 12.2 Å². The maximum Gasteiger partial charge on any atom is 0.303 e. The number of aliphatic carboxylic acids is 1. The molecule has 2 aromatic heterocycles. The third kappa shape index (κ3) is 2.41. The van der Waals surface area contributed by atoms with Gasteiger partial charge in [-0.1, -0.05) is 6.07 Å². The summed E-state index contributed by atoms with van der Waals surface area (Å²) in [6.45, 7) is 0. The molecule has 17 heavy (non-hydrogen) atoms. The summed E-state index contributed by atoms with van der Waals surface area (Å²) in [5, 5.41) is 15.3. The highest BCUT2D eigenvalue weighted by molar-refractivity contribution is 5.76. The van der Waals surface area contributed by atoms with Crippen molar-refractivity contribution in [1.82, 2.24) is 15.2 Å². The van der Waals surface area contributed by atoms with Gasteiger partial charge in [0.25, 0.3) is 0 Å². The molecule has 0 aliphatic heterocycles. The van der Waals surface area contributed by atoms with E-state index in [0.717, 1.165) is 16.8 Å². The molecular formula is C11H12N4O2. The Balaban J connectivity index is 2.33. The maximum atomic E-state index is 10.5. The Hall–Kier alpha value is -2.37. The number of carbonyl (C=O) groups is 1. The summed E-state index contributed by atoms with van der Waals surface area (Å²) in [4.78, 5) is 14.6. The molecule has 2 heterocycles. The van der Waals surface area contributed by atoms with Gasteiger partial charge in [-0.3, -0.25) is 14.9 Å². The van der Waals surface area contributed by atoms with E-state index in [9.17, 15) is 4.79 Å². The Bertz CT molecular complexity index is 522. The number of nitrogens with one attached hydrogen (secondary N) is 1. The summed E-state index contributed by atoms with van der Waals surface area (Å²) < 4.78 is 0. The van der Waals surface area contributed by atoms with Crippen molar-refractivity contribution in [2.24, 2.45) is 0 Å². The molecule has 0 atom stereocenters. The molecule has 6 nitrogen and oxygen atoms in total. The van der Waals surface area contributed by atoms with Crippen molar-refractivity contribution in [2.45, 2.75) is 12.8 Å². The van der Waals surface area contributed by atoms with Crippen molar-refractivity contribution < 1.29 is 9.90 Å². The van der Waals surface area contributed by atoms with Crippen LogP contribution < -0.4 is 5.73 Å². The van der Waals surface area contributed by atoms with Crippen molar-refractivity contribution in [2.75, 3.05) is 5.73 Å². The smallest absolute Gasteiger partial charge is 0.303 e. The van der Waals surface area contributed by atoms with Gasteiger partial charge in [0.05, 0.1) is 6.42 Å². The highest BCUT2D eigenvalue weighted by Crippen LogP contribution is 2.27. The first kappa shape index (κ1) is 11.1. The molecule has 0 amide bonds. The topological polar surface area (TPSA) is 105 Å². The van der Waals surface area contributed by atoms with Crippen LogP contribution in [-0.4, -0.2) is 26.3 Å². The van der Waals surface area contributed by atoms with E-state index in [-0.39, 0.29) is 6.42 Å². The Kier molecular flexibility index (Phi) is 3.04. The largest absolute Gasteiger partial charge is 0.481 e. The zero-order valence-corrected chi connectivity index (χ0v) is 9.05. The summed E-state index contributed by atoms with van der Waals surface area (Å²) in [6, 6.07) is 3.65. The molecule has 4 N–H and O–H groups in total. The zero-order chi connectivity index (χ0) is 12.3. The molecule has 0 radical (unpaired) electrons. The standard InChI is InChI=1S/C11H12N4O2/c12-11-10(7-2-1-5-13-6-7)8(14-15-11)3-4-9(16)17/h1-2,5-6H,3-4H2,(H,16,17)(H3,12,14,15). The Morgan fingerprint density at radius 2 is 2.35 bits per heavy atom. The van der Waals surface area contributed by atoms with E-state index in [2.05, 4.69) is 15.2 Å². The van der Waals surface area contributed by atoms with E-state index in [1.54, 1.807) is 18.5 Å². The molecule has 0 unspecified atom stereocenters. The molecule has 2 aromatic rings. The van der Waals surface area contributed by atoms with Crippen LogP contribution >= 0.6 is 0 Å². The van der Waals surface area contributed by atoms with Gasteiger partial charge in [-0.05, 0) is 6.07 Å². The normalized spacial score (nSPS) is 10.4. The molecule has 0 fully saturated rings. The second-order valence-electron chi connectivity index (χ2n) is 3.60. The van der Waals surface area contributed by atoms with Crippen LogP contribution in [0.1, 0.15) is 12.1 Å². The number of carboxylic acids is 1. The Labute approximate surface area is 97.5 Å². The van der Waals surface area contributed by atoms with Crippen molar-refractivity contribution in [3.05, 3.63) is 30.2 Å². The van der Waals surface area contributed by atoms with Crippen LogP contribution in [0.5, 0.6) is 0 Å². The number of aryl methyl sites for hydroxylation is 1. The van der Waals surface area contributed by atoms with Crippen LogP contribution in [0.2, 0.25) is 0 Å². The van der Waals surface area contributed by atoms with Gasteiger partial charge in [0.15, 0.2) is 5.82 Å². The number of hydrogen-bond donors (Lipinski definition) is 3. The fraction of sp³-hybridized carbons (Fsp3) is 0.182. The number of nitrogens with zero attached hydrogens (tertiary/aromatic N) is 2. The van der Waals surface area contributed by atoms with Gasteiger partial charge in [-0.25, -0.2) is 0 Å². The summed E-state index contributed by atoms with van der Waals surface area (Å²) >= 11 is 0. The van der Waals surface area contributed by atoms with Gasteiger partial charge in [0.1, 0.15) is 0 Å². The number of aromatic nitrogens is 3. The predicted octanol–water partition coefficient (Wildman–Crippen LogP) is 1.07. The molecule has 2 rings (SSSR count). The molecule has 0 aromatic carbocycles. The van der Waals surface area contributed by atoms with Crippen molar-refractivity contribution in [3.8, 4) is 11.1 Å². The predicted molar refractivity (Wildman–Crippen MR) is 62.2 cm³/mol. The van der Waals surface area contributed by atoms with E-state index < -0.39 is 5.97 Å².